The van der Waals surface area contributed by atoms with Gasteiger partial charge in [0.15, 0.2) is 0 Å². The van der Waals surface area contributed by atoms with Crippen molar-refractivity contribution in [3.63, 3.8) is 0 Å². The third-order valence-corrected chi connectivity index (χ3v) is 22.8. The second kappa shape index (κ2) is 9.75. The Balaban J connectivity index is 2.34. The third kappa shape index (κ3) is 5.21. The molecular formula is C26H50OSn. The molecule has 0 amide bonds. The van der Waals surface area contributed by atoms with E-state index in [0.717, 1.165) is 12.3 Å². The van der Waals surface area contributed by atoms with E-state index in [9.17, 15) is 5.11 Å². The molecule has 0 spiro atoms. The van der Waals surface area contributed by atoms with Gasteiger partial charge in [0.1, 0.15) is 0 Å². The predicted octanol–water partition coefficient (Wildman–Crippen LogP) is 8.14. The van der Waals surface area contributed by atoms with Gasteiger partial charge in [-0.2, -0.15) is 0 Å². The Bertz CT molecular complexity index is 499. The molecule has 28 heavy (non-hydrogen) atoms. The summed E-state index contributed by atoms with van der Waals surface area (Å²) in [4.78, 5) is 0. The number of fused-ring (bicyclic) bond motifs is 2. The van der Waals surface area contributed by atoms with Gasteiger partial charge in [-0.15, -0.1) is 0 Å². The van der Waals surface area contributed by atoms with Crippen molar-refractivity contribution in [1.29, 1.82) is 0 Å². The summed E-state index contributed by atoms with van der Waals surface area (Å²) in [6.07, 6.45) is 14.5. The Kier molecular flexibility index (Phi) is 8.62. The van der Waals surface area contributed by atoms with Crippen LogP contribution in [0.15, 0.2) is 10.2 Å². The van der Waals surface area contributed by atoms with Crippen molar-refractivity contribution in [2.75, 3.05) is 0 Å². The average molecular weight is 497 g/mol. The molecular weight excluding hydrogens is 447 g/mol. The molecule has 2 bridgehead atoms. The molecule has 0 aromatic heterocycles. The summed E-state index contributed by atoms with van der Waals surface area (Å²) in [5.41, 5.74) is -0.0773. The fourth-order valence-electron chi connectivity index (χ4n) is 7.38. The van der Waals surface area contributed by atoms with E-state index in [1.54, 1.807) is 13.3 Å². The van der Waals surface area contributed by atoms with Gasteiger partial charge in [0.2, 0.25) is 0 Å². The normalized spacial score (nSPS) is 35.0. The molecule has 0 aromatic rings. The van der Waals surface area contributed by atoms with E-state index in [0.29, 0.717) is 5.92 Å². The third-order valence-electron chi connectivity index (χ3n) is 8.73. The van der Waals surface area contributed by atoms with Crippen LogP contribution in [0, 0.1) is 22.7 Å². The molecule has 2 aliphatic rings. The second-order valence-electron chi connectivity index (χ2n) is 11.6. The molecule has 164 valence electrons. The van der Waals surface area contributed by atoms with Gasteiger partial charge in [-0.1, -0.05) is 0 Å². The summed E-state index contributed by atoms with van der Waals surface area (Å²) in [7, 11) is 0. The summed E-state index contributed by atoms with van der Waals surface area (Å²) >= 11 is -2.27. The first kappa shape index (κ1) is 24.8. The quantitative estimate of drug-likeness (QED) is 0.286. The standard InChI is InChI=1S/C14H23O.3C4H9.Sn/c1-6-13(4)9-14(5,15)11-8-7-10(13)12(11,2)3;3*1-3-4-2;/h1,6,10-11,15H,7-9H2,2-5H3;3*1,3-4H2,2H3;/t10-,11+,13+,14+;;;;/m1..../s1. The summed E-state index contributed by atoms with van der Waals surface area (Å²) in [5.74, 6) is 1.20. The maximum absolute atomic E-state index is 11.4. The Morgan fingerprint density at radius 1 is 0.821 bits per heavy atom. The molecule has 2 rings (SSSR count). The summed E-state index contributed by atoms with van der Waals surface area (Å²) in [5, 5.41) is 11.4. The molecule has 2 fully saturated rings. The van der Waals surface area contributed by atoms with E-state index in [1.807, 2.05) is 0 Å². The zero-order valence-corrected chi connectivity index (χ0v) is 23.1. The van der Waals surface area contributed by atoms with Crippen LogP contribution >= 0.6 is 0 Å². The summed E-state index contributed by atoms with van der Waals surface area (Å²) in [6, 6.07) is 0. The fourth-order valence-corrected chi connectivity index (χ4v) is 22.1. The van der Waals surface area contributed by atoms with Crippen LogP contribution in [-0.2, 0) is 0 Å². The number of rotatable bonds is 11. The predicted molar refractivity (Wildman–Crippen MR) is 127 cm³/mol. The van der Waals surface area contributed by atoms with Gasteiger partial charge in [0, 0.05) is 0 Å². The fraction of sp³-hybridized carbons (Fsp3) is 0.923. The Morgan fingerprint density at radius 2 is 1.29 bits per heavy atom. The Labute approximate surface area is 181 Å². The molecule has 1 N–H and O–H groups in total. The Morgan fingerprint density at radius 3 is 1.75 bits per heavy atom. The molecule has 1 nitrogen and oxygen atoms in total. The topological polar surface area (TPSA) is 20.2 Å². The van der Waals surface area contributed by atoms with Crippen LogP contribution in [0.4, 0.5) is 0 Å². The first-order valence-corrected chi connectivity index (χ1v) is 20.2. The van der Waals surface area contributed by atoms with Crippen molar-refractivity contribution in [3.05, 3.63) is 10.2 Å². The van der Waals surface area contributed by atoms with Gasteiger partial charge in [-0.25, -0.2) is 0 Å². The van der Waals surface area contributed by atoms with Gasteiger partial charge in [-0.3, -0.25) is 0 Å². The number of hydrogen-bond donors (Lipinski definition) is 1. The van der Waals surface area contributed by atoms with Crippen molar-refractivity contribution < 1.29 is 5.11 Å². The van der Waals surface area contributed by atoms with Crippen LogP contribution in [0.1, 0.15) is 106 Å². The number of allylic oxidation sites excluding steroid dienone is 1. The number of unbranched alkanes of at least 4 members (excludes halogenated alkanes) is 3. The van der Waals surface area contributed by atoms with Crippen LogP contribution in [-0.4, -0.2) is 29.1 Å². The molecule has 0 unspecified atom stereocenters. The van der Waals surface area contributed by atoms with Gasteiger partial charge in [0.05, 0.1) is 0 Å². The van der Waals surface area contributed by atoms with E-state index in [1.165, 1.54) is 51.4 Å². The first-order chi connectivity index (χ1) is 13.1. The van der Waals surface area contributed by atoms with E-state index >= 15 is 0 Å². The van der Waals surface area contributed by atoms with E-state index in [2.05, 4.69) is 58.6 Å². The van der Waals surface area contributed by atoms with Crippen molar-refractivity contribution in [3.8, 4) is 0 Å². The minimum absolute atomic E-state index is 0.173. The van der Waals surface area contributed by atoms with E-state index in [-0.39, 0.29) is 10.8 Å². The molecule has 0 saturated heterocycles. The van der Waals surface area contributed by atoms with Crippen LogP contribution < -0.4 is 0 Å². The molecule has 4 atom stereocenters. The van der Waals surface area contributed by atoms with Crippen LogP contribution in [0.5, 0.6) is 0 Å². The second-order valence-corrected chi connectivity index (χ2v) is 24.6. The van der Waals surface area contributed by atoms with Crippen LogP contribution in [0.3, 0.4) is 0 Å². The average Bonchev–Trinajstić information content (AvgIpc) is 2.90. The maximum atomic E-state index is 11.4. The van der Waals surface area contributed by atoms with E-state index in [4.69, 9.17) is 0 Å². The first-order valence-electron chi connectivity index (χ1n) is 12.5. The molecule has 0 radical (unpaired) electrons. The molecule has 2 aliphatic carbocycles. The van der Waals surface area contributed by atoms with Crippen LogP contribution in [0.2, 0.25) is 13.3 Å². The summed E-state index contributed by atoms with van der Waals surface area (Å²) in [6.45, 7) is 16.6. The molecule has 0 aromatic carbocycles. The molecule has 0 heterocycles. The van der Waals surface area contributed by atoms with Crippen molar-refractivity contribution in [2.24, 2.45) is 22.7 Å². The SMILES string of the molecule is CCC[CH2][Sn](/[CH]=C\[C@@]1(C)C[C@](C)(O)[C@H]2CC[C@@H]1C2(C)C)([CH2]CCC)[CH2]CCC. The van der Waals surface area contributed by atoms with Crippen molar-refractivity contribution >= 4 is 18.4 Å². The number of aliphatic hydroxyl groups is 1. The molecule has 0 aliphatic heterocycles. The van der Waals surface area contributed by atoms with Crippen LogP contribution in [0.25, 0.3) is 0 Å². The van der Waals surface area contributed by atoms with Gasteiger partial charge in [0.25, 0.3) is 0 Å². The van der Waals surface area contributed by atoms with Crippen molar-refractivity contribution in [1.82, 2.24) is 0 Å². The number of hydrogen-bond acceptors (Lipinski definition) is 1. The Hall–Kier alpha value is 0.499. The monoisotopic (exact) mass is 498 g/mol. The van der Waals surface area contributed by atoms with Crippen molar-refractivity contribution in [2.45, 2.75) is 125 Å². The zero-order chi connectivity index (χ0) is 21.1. The van der Waals surface area contributed by atoms with Gasteiger partial charge < -0.3 is 0 Å². The van der Waals surface area contributed by atoms with Gasteiger partial charge >= 0.3 is 181 Å². The molecule has 2 saturated carbocycles. The minimum atomic E-state index is -2.27. The summed E-state index contributed by atoms with van der Waals surface area (Å²) < 4.78 is 7.51. The van der Waals surface area contributed by atoms with Gasteiger partial charge in [-0.05, 0) is 0 Å². The molecule has 2 heteroatoms. The van der Waals surface area contributed by atoms with E-state index < -0.39 is 24.0 Å². The zero-order valence-electron chi connectivity index (χ0n) is 20.2.